The maximum Gasteiger partial charge on any atom is 0.305 e. The SMILES string of the molecule is CN1CCN(S(=O)(=O)c2ccc([C@@H](CC3CCCC3)C(=O)Nc3nc4ccc(C(=O)NCCC(=O)O)cc4s3)cc2)CC1. The van der Waals surface area contributed by atoms with Crippen molar-refractivity contribution in [3.05, 3.63) is 53.6 Å². The third-order valence-corrected chi connectivity index (χ3v) is 11.1. The van der Waals surface area contributed by atoms with E-state index in [2.05, 4.69) is 20.5 Å². The molecule has 1 saturated carbocycles. The van der Waals surface area contributed by atoms with Gasteiger partial charge in [0, 0.05) is 38.3 Å². The van der Waals surface area contributed by atoms with Gasteiger partial charge in [-0.2, -0.15) is 4.31 Å². The van der Waals surface area contributed by atoms with Crippen LogP contribution in [0.25, 0.3) is 10.2 Å². The summed E-state index contributed by atoms with van der Waals surface area (Å²) in [5.41, 5.74) is 1.78. The maximum absolute atomic E-state index is 13.7. The molecule has 11 nitrogen and oxygen atoms in total. The number of fused-ring (bicyclic) bond motifs is 1. The quantitative estimate of drug-likeness (QED) is 0.291. The van der Waals surface area contributed by atoms with Gasteiger partial charge in [-0.1, -0.05) is 49.2 Å². The lowest BCUT2D eigenvalue weighted by molar-refractivity contribution is -0.136. The molecule has 2 heterocycles. The van der Waals surface area contributed by atoms with Crippen LogP contribution in [0.15, 0.2) is 47.4 Å². The highest BCUT2D eigenvalue weighted by Gasteiger charge is 2.30. The third-order valence-electron chi connectivity index (χ3n) is 8.25. The molecule has 1 saturated heterocycles. The zero-order valence-corrected chi connectivity index (χ0v) is 25.8. The number of nitrogens with one attached hydrogen (secondary N) is 2. The number of anilines is 1. The molecule has 3 aromatic rings. The topological polar surface area (TPSA) is 149 Å². The van der Waals surface area contributed by atoms with E-state index < -0.39 is 21.9 Å². The highest BCUT2D eigenvalue weighted by molar-refractivity contribution is 7.89. The Hall–Kier alpha value is -3.39. The number of hydrogen-bond acceptors (Lipinski definition) is 8. The minimum atomic E-state index is -3.61. The second-order valence-electron chi connectivity index (χ2n) is 11.3. The van der Waals surface area contributed by atoms with E-state index >= 15 is 0 Å². The van der Waals surface area contributed by atoms with Crippen molar-refractivity contribution in [1.29, 1.82) is 0 Å². The number of aliphatic carboxylic acids is 1. The van der Waals surface area contributed by atoms with Crippen molar-refractivity contribution in [3.63, 3.8) is 0 Å². The van der Waals surface area contributed by atoms with Crippen LogP contribution in [0.2, 0.25) is 0 Å². The first-order valence-corrected chi connectivity index (χ1v) is 16.9. The van der Waals surface area contributed by atoms with Crippen LogP contribution >= 0.6 is 11.3 Å². The summed E-state index contributed by atoms with van der Waals surface area (Å²) in [5.74, 6) is -1.62. The fraction of sp³-hybridized carbons (Fsp3) is 0.467. The Morgan fingerprint density at radius 2 is 1.74 bits per heavy atom. The molecule has 1 atom stereocenters. The van der Waals surface area contributed by atoms with E-state index in [0.717, 1.165) is 31.2 Å². The third kappa shape index (κ3) is 7.58. The molecule has 2 fully saturated rings. The zero-order chi connectivity index (χ0) is 30.6. The van der Waals surface area contributed by atoms with E-state index in [4.69, 9.17) is 5.11 Å². The Kier molecular flexibility index (Phi) is 9.75. The van der Waals surface area contributed by atoms with Gasteiger partial charge in [0.25, 0.3) is 5.91 Å². The smallest absolute Gasteiger partial charge is 0.305 e. The lowest BCUT2D eigenvalue weighted by atomic mass is 9.87. The van der Waals surface area contributed by atoms with Crippen molar-refractivity contribution < 1.29 is 27.9 Å². The van der Waals surface area contributed by atoms with Crippen LogP contribution < -0.4 is 10.6 Å². The van der Waals surface area contributed by atoms with Gasteiger partial charge in [-0.25, -0.2) is 13.4 Å². The number of thiazole rings is 1. The van der Waals surface area contributed by atoms with E-state index in [-0.39, 0.29) is 29.7 Å². The van der Waals surface area contributed by atoms with Gasteiger partial charge in [0.2, 0.25) is 15.9 Å². The second-order valence-corrected chi connectivity index (χ2v) is 14.3. The number of carboxylic acid groups (broad SMARTS) is 1. The molecule has 13 heteroatoms. The largest absolute Gasteiger partial charge is 0.481 e. The monoisotopic (exact) mass is 627 g/mol. The molecule has 0 unspecified atom stereocenters. The van der Waals surface area contributed by atoms with Crippen LogP contribution in [0, 0.1) is 5.92 Å². The van der Waals surface area contributed by atoms with Gasteiger partial charge in [0.15, 0.2) is 5.13 Å². The van der Waals surface area contributed by atoms with E-state index in [1.165, 1.54) is 15.6 Å². The molecule has 0 radical (unpaired) electrons. The Balaban J connectivity index is 1.31. The average molecular weight is 628 g/mol. The van der Waals surface area contributed by atoms with Crippen LogP contribution in [0.1, 0.15) is 60.4 Å². The predicted molar refractivity (Wildman–Crippen MR) is 165 cm³/mol. The van der Waals surface area contributed by atoms with Crippen LogP contribution in [0.5, 0.6) is 0 Å². The summed E-state index contributed by atoms with van der Waals surface area (Å²) in [5, 5.41) is 14.8. The minimum absolute atomic E-state index is 0.0291. The number of likely N-dealkylation sites (N-methyl/N-ethyl adjacent to an activating group) is 1. The van der Waals surface area contributed by atoms with Crippen LogP contribution in [0.4, 0.5) is 5.13 Å². The Morgan fingerprint density at radius 3 is 2.42 bits per heavy atom. The molecule has 2 amide bonds. The summed E-state index contributed by atoms with van der Waals surface area (Å²) in [6.45, 7) is 2.31. The van der Waals surface area contributed by atoms with Gasteiger partial charge in [0.05, 0.1) is 27.5 Å². The molecule has 3 N–H and O–H groups in total. The molecule has 43 heavy (non-hydrogen) atoms. The number of hydrogen-bond donors (Lipinski definition) is 3. The van der Waals surface area contributed by atoms with Gasteiger partial charge in [-0.3, -0.25) is 14.4 Å². The summed E-state index contributed by atoms with van der Waals surface area (Å²) < 4.78 is 28.7. The van der Waals surface area contributed by atoms with Crippen molar-refractivity contribution in [2.24, 2.45) is 5.92 Å². The minimum Gasteiger partial charge on any atom is -0.481 e. The summed E-state index contributed by atoms with van der Waals surface area (Å²) >= 11 is 1.26. The van der Waals surface area contributed by atoms with E-state index in [0.29, 0.717) is 59.4 Å². The second kappa shape index (κ2) is 13.5. The number of amides is 2. The molecule has 2 aliphatic rings. The standard InChI is InChI=1S/C30H37N5O6S2/c1-34-14-16-35(17-15-34)43(40,41)23-9-6-21(7-10-23)24(18-20-4-2-3-5-20)29(39)33-30-32-25-11-8-22(19-26(25)42-30)28(38)31-13-12-27(36)37/h6-11,19-20,24H,2-5,12-18H2,1H3,(H,31,38)(H,36,37)(H,32,33,39)/t24-/m1/s1. The molecule has 0 spiro atoms. The van der Waals surface area contributed by atoms with E-state index in [1.807, 2.05) is 7.05 Å². The van der Waals surface area contributed by atoms with Crippen molar-refractivity contribution in [2.75, 3.05) is 45.1 Å². The van der Waals surface area contributed by atoms with Gasteiger partial charge in [-0.15, -0.1) is 0 Å². The van der Waals surface area contributed by atoms with Gasteiger partial charge in [-0.05, 0) is 55.3 Å². The molecular weight excluding hydrogens is 590 g/mol. The lowest BCUT2D eigenvalue weighted by Gasteiger charge is -2.31. The highest BCUT2D eigenvalue weighted by atomic mass is 32.2. The van der Waals surface area contributed by atoms with Gasteiger partial charge in [0.1, 0.15) is 0 Å². The Morgan fingerprint density at radius 1 is 1.05 bits per heavy atom. The number of aromatic nitrogens is 1. The number of sulfonamides is 1. The number of carbonyl (C=O) groups is 3. The number of carboxylic acids is 1. The number of carbonyl (C=O) groups excluding carboxylic acids is 2. The molecule has 1 aliphatic carbocycles. The summed E-state index contributed by atoms with van der Waals surface area (Å²) in [6.07, 6.45) is 4.93. The number of rotatable bonds is 11. The number of benzene rings is 2. The summed E-state index contributed by atoms with van der Waals surface area (Å²) in [7, 11) is -1.63. The molecule has 230 valence electrons. The van der Waals surface area contributed by atoms with E-state index in [1.54, 1.807) is 42.5 Å². The molecule has 0 bridgehead atoms. The van der Waals surface area contributed by atoms with Crippen LogP contribution in [-0.4, -0.2) is 85.3 Å². The molecule has 5 rings (SSSR count). The van der Waals surface area contributed by atoms with Gasteiger partial charge < -0.3 is 20.6 Å². The van der Waals surface area contributed by atoms with Crippen molar-refractivity contribution in [3.8, 4) is 0 Å². The molecular formula is C30H37N5O6S2. The van der Waals surface area contributed by atoms with Crippen molar-refractivity contribution in [2.45, 2.75) is 49.3 Å². The number of piperazine rings is 1. The van der Waals surface area contributed by atoms with E-state index in [9.17, 15) is 22.8 Å². The lowest BCUT2D eigenvalue weighted by Crippen LogP contribution is -2.47. The van der Waals surface area contributed by atoms with Crippen LogP contribution in [-0.2, 0) is 19.6 Å². The first kappa shape index (κ1) is 31.0. The van der Waals surface area contributed by atoms with Crippen molar-refractivity contribution in [1.82, 2.24) is 19.5 Å². The van der Waals surface area contributed by atoms with Gasteiger partial charge >= 0.3 is 5.97 Å². The molecule has 2 aromatic carbocycles. The summed E-state index contributed by atoms with van der Waals surface area (Å²) in [6, 6.07) is 11.7. The highest BCUT2D eigenvalue weighted by Crippen LogP contribution is 2.36. The Labute approximate surface area is 255 Å². The first-order valence-electron chi connectivity index (χ1n) is 14.6. The fourth-order valence-corrected chi connectivity index (χ4v) is 8.05. The normalized spacial score (nSPS) is 17.6. The summed E-state index contributed by atoms with van der Waals surface area (Å²) in [4.78, 5) is 43.7. The van der Waals surface area contributed by atoms with Crippen LogP contribution in [0.3, 0.4) is 0 Å². The first-order chi connectivity index (χ1) is 20.6. The molecule has 1 aliphatic heterocycles. The average Bonchev–Trinajstić information content (AvgIpc) is 3.65. The van der Waals surface area contributed by atoms with Crippen molar-refractivity contribution >= 4 is 54.5 Å². The number of nitrogens with zero attached hydrogens (tertiary/aromatic N) is 3. The zero-order valence-electron chi connectivity index (χ0n) is 24.1. The molecule has 1 aromatic heterocycles. The maximum atomic E-state index is 13.7. The predicted octanol–water partition coefficient (Wildman–Crippen LogP) is 3.74. The fourth-order valence-electron chi connectivity index (χ4n) is 5.72. The Bertz CT molecular complexity index is 1580.